The lowest BCUT2D eigenvalue weighted by molar-refractivity contribution is 1.48. The Morgan fingerprint density at radius 3 is 2.71 bits per heavy atom. The van der Waals surface area contributed by atoms with Gasteiger partial charge in [-0.15, -0.1) is 0 Å². The van der Waals surface area contributed by atoms with Gasteiger partial charge in [0, 0.05) is 4.91 Å². The average molecular weight is 246 g/mol. The molecule has 0 bridgehead atoms. The SMILES string of the molecule is [N-]=[N+]=Nc1c(Cl)cc(Cl)c2nsnc12. The van der Waals surface area contributed by atoms with Crippen molar-refractivity contribution in [3.05, 3.63) is 26.6 Å². The van der Waals surface area contributed by atoms with Crippen molar-refractivity contribution in [2.75, 3.05) is 0 Å². The summed E-state index contributed by atoms with van der Waals surface area (Å²) in [7, 11) is 0. The quantitative estimate of drug-likeness (QED) is 0.434. The molecule has 14 heavy (non-hydrogen) atoms. The second-order valence-electron chi connectivity index (χ2n) is 2.34. The molecular formula is C6HCl2N5S. The first kappa shape index (κ1) is 9.48. The van der Waals surface area contributed by atoms with Crippen LogP contribution in [0.4, 0.5) is 5.69 Å². The summed E-state index contributed by atoms with van der Waals surface area (Å²) in [4.78, 5) is 2.66. The number of halogens is 2. The van der Waals surface area contributed by atoms with Crippen molar-refractivity contribution < 1.29 is 0 Å². The minimum atomic E-state index is 0.266. The van der Waals surface area contributed by atoms with Crippen LogP contribution in [0.25, 0.3) is 21.5 Å². The third kappa shape index (κ3) is 1.38. The van der Waals surface area contributed by atoms with Crippen molar-refractivity contribution in [2.45, 2.75) is 0 Å². The molecule has 0 spiro atoms. The molecule has 2 rings (SSSR count). The van der Waals surface area contributed by atoms with Crippen LogP contribution < -0.4 is 0 Å². The van der Waals surface area contributed by atoms with Crippen molar-refractivity contribution in [3.63, 3.8) is 0 Å². The van der Waals surface area contributed by atoms with Gasteiger partial charge in [0.15, 0.2) is 0 Å². The molecule has 0 radical (unpaired) electrons. The largest absolute Gasteiger partial charge is 0.172 e. The molecule has 0 aliphatic rings. The zero-order valence-electron chi connectivity index (χ0n) is 6.48. The van der Waals surface area contributed by atoms with Crippen LogP contribution in [0.5, 0.6) is 0 Å². The first-order valence-corrected chi connectivity index (χ1v) is 4.88. The van der Waals surface area contributed by atoms with Gasteiger partial charge in [0.25, 0.3) is 0 Å². The maximum Gasteiger partial charge on any atom is 0.123 e. The minimum Gasteiger partial charge on any atom is -0.172 e. The molecule has 0 atom stereocenters. The number of fused-ring (bicyclic) bond motifs is 1. The van der Waals surface area contributed by atoms with Gasteiger partial charge in [-0.3, -0.25) is 0 Å². The van der Waals surface area contributed by atoms with E-state index in [2.05, 4.69) is 18.8 Å². The Morgan fingerprint density at radius 1 is 1.29 bits per heavy atom. The molecule has 1 aromatic carbocycles. The monoisotopic (exact) mass is 245 g/mol. The van der Waals surface area contributed by atoms with Gasteiger partial charge in [0.2, 0.25) is 0 Å². The highest BCUT2D eigenvalue weighted by Gasteiger charge is 2.12. The average Bonchev–Trinajstić information content (AvgIpc) is 2.60. The summed E-state index contributed by atoms with van der Waals surface area (Å²) < 4.78 is 7.91. The predicted octanol–water partition coefficient (Wildman–Crippen LogP) is 3.94. The van der Waals surface area contributed by atoms with E-state index in [0.29, 0.717) is 16.1 Å². The van der Waals surface area contributed by atoms with Gasteiger partial charge in [-0.1, -0.05) is 28.3 Å². The number of hydrogen-bond acceptors (Lipinski definition) is 4. The van der Waals surface area contributed by atoms with Crippen molar-refractivity contribution in [2.24, 2.45) is 5.11 Å². The van der Waals surface area contributed by atoms with E-state index in [-0.39, 0.29) is 10.7 Å². The fourth-order valence-corrected chi connectivity index (χ4v) is 2.15. The van der Waals surface area contributed by atoms with Gasteiger partial charge >= 0.3 is 0 Å². The minimum absolute atomic E-state index is 0.266. The van der Waals surface area contributed by atoms with Crippen molar-refractivity contribution in [1.82, 2.24) is 8.75 Å². The Labute approximate surface area is 92.2 Å². The van der Waals surface area contributed by atoms with E-state index in [1.54, 1.807) is 0 Å². The van der Waals surface area contributed by atoms with E-state index in [4.69, 9.17) is 28.7 Å². The van der Waals surface area contributed by atoms with E-state index >= 15 is 0 Å². The lowest BCUT2D eigenvalue weighted by Gasteiger charge is -1.98. The summed E-state index contributed by atoms with van der Waals surface area (Å²) in [6.45, 7) is 0. The predicted molar refractivity (Wildman–Crippen MR) is 56.2 cm³/mol. The second kappa shape index (κ2) is 3.59. The fourth-order valence-electron chi connectivity index (χ4n) is 1.00. The lowest BCUT2D eigenvalue weighted by Crippen LogP contribution is -1.75. The van der Waals surface area contributed by atoms with E-state index in [1.165, 1.54) is 6.07 Å². The first-order chi connectivity index (χ1) is 6.74. The van der Waals surface area contributed by atoms with Crippen LogP contribution in [0.2, 0.25) is 10.0 Å². The maximum absolute atomic E-state index is 8.33. The number of aromatic nitrogens is 2. The molecule has 0 saturated carbocycles. The molecule has 0 unspecified atom stereocenters. The summed E-state index contributed by atoms with van der Waals surface area (Å²) in [5, 5.41) is 4.11. The van der Waals surface area contributed by atoms with Crippen molar-refractivity contribution in [3.8, 4) is 0 Å². The van der Waals surface area contributed by atoms with E-state index in [0.717, 1.165) is 11.7 Å². The molecule has 1 heterocycles. The van der Waals surface area contributed by atoms with Crippen LogP contribution in [0.3, 0.4) is 0 Å². The van der Waals surface area contributed by atoms with Crippen LogP contribution in [0.15, 0.2) is 11.2 Å². The van der Waals surface area contributed by atoms with Crippen LogP contribution in [-0.4, -0.2) is 8.75 Å². The number of hydrogen-bond donors (Lipinski definition) is 0. The van der Waals surface area contributed by atoms with Crippen LogP contribution in [0.1, 0.15) is 0 Å². The molecule has 0 amide bonds. The smallest absolute Gasteiger partial charge is 0.123 e. The van der Waals surface area contributed by atoms with Crippen LogP contribution in [-0.2, 0) is 0 Å². The third-order valence-corrected chi connectivity index (χ3v) is 2.67. The van der Waals surface area contributed by atoms with E-state index in [1.807, 2.05) is 0 Å². The van der Waals surface area contributed by atoms with Crippen LogP contribution in [0, 0.1) is 0 Å². The highest BCUT2D eigenvalue weighted by Crippen LogP contribution is 2.36. The molecule has 0 N–H and O–H groups in total. The lowest BCUT2D eigenvalue weighted by atomic mass is 10.3. The standard InChI is InChI=1S/C6HCl2N5S/c7-2-1-3(8)5-6(12-14-11-5)4(2)10-13-9/h1H. The van der Waals surface area contributed by atoms with Gasteiger partial charge in [-0.05, 0) is 11.6 Å². The van der Waals surface area contributed by atoms with Gasteiger partial charge in [-0.25, -0.2) is 0 Å². The van der Waals surface area contributed by atoms with E-state index in [9.17, 15) is 0 Å². The Morgan fingerprint density at radius 2 is 2.00 bits per heavy atom. The van der Waals surface area contributed by atoms with Gasteiger partial charge in [0.1, 0.15) is 11.0 Å². The Bertz CT molecular complexity index is 544. The Kier molecular flexibility index (Phi) is 2.43. The summed E-state index contributed by atoms with van der Waals surface area (Å²) >= 11 is 12.7. The van der Waals surface area contributed by atoms with Crippen molar-refractivity contribution >= 4 is 51.7 Å². The second-order valence-corrected chi connectivity index (χ2v) is 3.68. The molecule has 0 saturated heterocycles. The molecule has 5 nitrogen and oxygen atoms in total. The van der Waals surface area contributed by atoms with Gasteiger partial charge in [-0.2, -0.15) is 8.75 Å². The molecule has 1 aromatic heterocycles. The fraction of sp³-hybridized carbons (Fsp3) is 0. The van der Waals surface area contributed by atoms with E-state index < -0.39 is 0 Å². The maximum atomic E-state index is 8.33. The first-order valence-electron chi connectivity index (χ1n) is 3.39. The molecule has 70 valence electrons. The zero-order valence-corrected chi connectivity index (χ0v) is 8.81. The van der Waals surface area contributed by atoms with Gasteiger partial charge < -0.3 is 0 Å². The van der Waals surface area contributed by atoms with Gasteiger partial charge in [0.05, 0.1) is 27.5 Å². The topological polar surface area (TPSA) is 74.5 Å². The highest BCUT2D eigenvalue weighted by atomic mass is 35.5. The molecule has 8 heteroatoms. The summed E-state index contributed by atoms with van der Waals surface area (Å²) in [6, 6.07) is 1.48. The summed E-state index contributed by atoms with van der Waals surface area (Å²) in [6.07, 6.45) is 0. The normalized spacial score (nSPS) is 10.1. The zero-order chi connectivity index (χ0) is 10.1. The Balaban J connectivity index is 2.92. The number of benzene rings is 1. The van der Waals surface area contributed by atoms with Crippen molar-refractivity contribution in [1.29, 1.82) is 0 Å². The van der Waals surface area contributed by atoms with Crippen LogP contribution >= 0.6 is 34.9 Å². The molecular weight excluding hydrogens is 245 g/mol. The molecule has 0 aliphatic carbocycles. The third-order valence-electron chi connectivity index (χ3n) is 1.56. The summed E-state index contributed by atoms with van der Waals surface area (Å²) in [5.74, 6) is 0. The summed E-state index contributed by atoms with van der Waals surface area (Å²) in [5.41, 5.74) is 9.54. The molecule has 0 fully saturated rings. The Hall–Kier alpha value is -1.07. The number of azide groups is 1. The molecule has 2 aromatic rings. The molecule has 0 aliphatic heterocycles. The highest BCUT2D eigenvalue weighted by molar-refractivity contribution is 7.00. The number of rotatable bonds is 1. The number of nitrogens with zero attached hydrogens (tertiary/aromatic N) is 5.